The predicted octanol–water partition coefficient (Wildman–Crippen LogP) is 1.79. The molecule has 0 saturated heterocycles. The molecule has 0 aliphatic rings. The number of nitrogens with one attached hydrogen (secondary N) is 1. The lowest BCUT2D eigenvalue weighted by Gasteiger charge is -2.28. The van der Waals surface area contributed by atoms with E-state index in [-0.39, 0.29) is 0 Å². The van der Waals surface area contributed by atoms with Gasteiger partial charge in [-0.3, -0.25) is 0 Å². The Bertz CT molecular complexity index is 383. The molecule has 1 atom stereocenters. The molecule has 0 aliphatic carbocycles. The summed E-state index contributed by atoms with van der Waals surface area (Å²) in [6.07, 6.45) is 0. The molecule has 6 nitrogen and oxygen atoms in total. The molecule has 0 fully saturated rings. The normalized spacial score (nSPS) is 12.4. The summed E-state index contributed by atoms with van der Waals surface area (Å²) < 4.78 is 5.35. The van der Waals surface area contributed by atoms with Crippen molar-refractivity contribution in [2.75, 3.05) is 30.9 Å². The van der Waals surface area contributed by atoms with Crippen molar-refractivity contribution >= 4 is 11.9 Å². The monoisotopic (exact) mass is 253 g/mol. The molecular weight excluding hydrogens is 230 g/mol. The van der Waals surface area contributed by atoms with Crippen LogP contribution in [0, 0.1) is 5.92 Å². The van der Waals surface area contributed by atoms with Crippen molar-refractivity contribution < 1.29 is 4.74 Å². The van der Waals surface area contributed by atoms with Crippen LogP contribution in [0.4, 0.5) is 11.9 Å². The van der Waals surface area contributed by atoms with Gasteiger partial charge < -0.3 is 15.0 Å². The van der Waals surface area contributed by atoms with E-state index in [1.165, 1.54) is 0 Å². The zero-order valence-corrected chi connectivity index (χ0v) is 12.1. The first-order valence-electron chi connectivity index (χ1n) is 6.29. The smallest absolute Gasteiger partial charge is 0.323 e. The molecule has 1 unspecified atom stereocenters. The lowest BCUT2D eigenvalue weighted by molar-refractivity contribution is 0.311. The maximum atomic E-state index is 5.35. The molecule has 0 bridgehead atoms. The molecule has 1 heterocycles. The number of rotatable bonds is 6. The molecule has 0 aromatic carbocycles. The highest BCUT2D eigenvalue weighted by atomic mass is 16.5. The summed E-state index contributed by atoms with van der Waals surface area (Å²) in [6.45, 7) is 8.93. The van der Waals surface area contributed by atoms with Crippen LogP contribution in [-0.4, -0.2) is 41.7 Å². The third-order valence-electron chi connectivity index (χ3n) is 2.99. The van der Waals surface area contributed by atoms with Gasteiger partial charge in [0, 0.05) is 20.1 Å². The van der Waals surface area contributed by atoms with E-state index in [0.29, 0.717) is 36.5 Å². The Labute approximate surface area is 109 Å². The number of hydrogen-bond donors (Lipinski definition) is 1. The molecule has 0 saturated carbocycles. The van der Waals surface area contributed by atoms with Gasteiger partial charge in [0.25, 0.3) is 0 Å². The fraction of sp³-hybridized carbons (Fsp3) is 0.750. The van der Waals surface area contributed by atoms with Crippen LogP contribution in [0.25, 0.3) is 0 Å². The van der Waals surface area contributed by atoms with Gasteiger partial charge >= 0.3 is 6.01 Å². The Morgan fingerprint density at radius 1 is 1.22 bits per heavy atom. The van der Waals surface area contributed by atoms with Gasteiger partial charge in [-0.25, -0.2) is 0 Å². The minimum atomic E-state index is 0.339. The molecule has 6 heteroatoms. The van der Waals surface area contributed by atoms with E-state index >= 15 is 0 Å². The quantitative estimate of drug-likeness (QED) is 0.834. The summed E-state index contributed by atoms with van der Waals surface area (Å²) in [4.78, 5) is 14.8. The average molecular weight is 253 g/mol. The molecule has 1 rings (SSSR count). The SMILES string of the molecule is CCOc1nc(NC)nc(N(C)C(C)C(C)C)n1. The molecular formula is C12H23N5O. The molecule has 1 aromatic heterocycles. The molecule has 0 spiro atoms. The van der Waals surface area contributed by atoms with Gasteiger partial charge in [-0.05, 0) is 19.8 Å². The Hall–Kier alpha value is -1.59. The zero-order valence-electron chi connectivity index (χ0n) is 12.1. The minimum Gasteiger partial charge on any atom is -0.464 e. The van der Waals surface area contributed by atoms with E-state index in [1.54, 1.807) is 7.05 Å². The maximum Gasteiger partial charge on any atom is 0.323 e. The Balaban J connectivity index is 3.03. The van der Waals surface area contributed by atoms with Crippen LogP contribution < -0.4 is 15.0 Å². The van der Waals surface area contributed by atoms with Crippen molar-refractivity contribution in [3.05, 3.63) is 0 Å². The number of hydrogen-bond acceptors (Lipinski definition) is 6. The summed E-state index contributed by atoms with van der Waals surface area (Å²) >= 11 is 0. The second-order valence-electron chi connectivity index (χ2n) is 4.52. The predicted molar refractivity (Wildman–Crippen MR) is 73.2 cm³/mol. The summed E-state index contributed by atoms with van der Waals surface area (Å²) in [5.41, 5.74) is 0. The zero-order chi connectivity index (χ0) is 13.7. The Morgan fingerprint density at radius 2 is 1.89 bits per heavy atom. The van der Waals surface area contributed by atoms with Crippen LogP contribution in [0.2, 0.25) is 0 Å². The second kappa shape index (κ2) is 6.37. The highest BCUT2D eigenvalue weighted by Crippen LogP contribution is 2.18. The summed E-state index contributed by atoms with van der Waals surface area (Å²) in [5, 5.41) is 2.92. The van der Waals surface area contributed by atoms with Crippen LogP contribution in [0.5, 0.6) is 6.01 Å². The van der Waals surface area contributed by atoms with E-state index in [2.05, 4.69) is 41.0 Å². The lowest BCUT2D eigenvalue weighted by atomic mass is 10.1. The van der Waals surface area contributed by atoms with Crippen molar-refractivity contribution in [2.45, 2.75) is 33.7 Å². The second-order valence-corrected chi connectivity index (χ2v) is 4.52. The fourth-order valence-electron chi connectivity index (χ4n) is 1.44. The van der Waals surface area contributed by atoms with E-state index in [4.69, 9.17) is 4.74 Å². The highest BCUT2D eigenvalue weighted by Gasteiger charge is 2.18. The standard InChI is InChI=1S/C12H23N5O/c1-7-18-12-15-10(13-5)14-11(16-12)17(6)9(4)8(2)3/h8-9H,7H2,1-6H3,(H,13,14,15,16). The van der Waals surface area contributed by atoms with Gasteiger partial charge in [0.1, 0.15) is 0 Å². The average Bonchev–Trinajstić information content (AvgIpc) is 2.36. The Kier molecular flexibility index (Phi) is 5.12. The number of nitrogens with zero attached hydrogens (tertiary/aromatic N) is 4. The molecule has 0 aliphatic heterocycles. The maximum absolute atomic E-state index is 5.35. The highest BCUT2D eigenvalue weighted by molar-refractivity contribution is 5.38. The van der Waals surface area contributed by atoms with Crippen LogP contribution in [-0.2, 0) is 0 Å². The fourth-order valence-corrected chi connectivity index (χ4v) is 1.44. The third-order valence-corrected chi connectivity index (χ3v) is 2.99. The summed E-state index contributed by atoms with van der Waals surface area (Å²) in [7, 11) is 3.76. The third kappa shape index (κ3) is 3.45. The van der Waals surface area contributed by atoms with Crippen molar-refractivity contribution in [2.24, 2.45) is 5.92 Å². The van der Waals surface area contributed by atoms with E-state index < -0.39 is 0 Å². The van der Waals surface area contributed by atoms with Crippen LogP contribution in [0.15, 0.2) is 0 Å². The largest absolute Gasteiger partial charge is 0.464 e. The van der Waals surface area contributed by atoms with Gasteiger partial charge in [0.05, 0.1) is 6.61 Å². The number of anilines is 2. The van der Waals surface area contributed by atoms with Crippen molar-refractivity contribution in [3.8, 4) is 6.01 Å². The van der Waals surface area contributed by atoms with Gasteiger partial charge in [0.15, 0.2) is 0 Å². The summed E-state index contributed by atoms with van der Waals surface area (Å²) in [6, 6.07) is 0.696. The first kappa shape index (κ1) is 14.5. The molecule has 0 amide bonds. The lowest BCUT2D eigenvalue weighted by Crippen LogP contribution is -2.34. The van der Waals surface area contributed by atoms with Gasteiger partial charge in [-0.1, -0.05) is 13.8 Å². The topological polar surface area (TPSA) is 63.2 Å². The van der Waals surface area contributed by atoms with Crippen molar-refractivity contribution in [1.82, 2.24) is 15.0 Å². The van der Waals surface area contributed by atoms with E-state index in [1.807, 2.05) is 18.9 Å². The van der Waals surface area contributed by atoms with Crippen molar-refractivity contribution in [3.63, 3.8) is 0 Å². The number of aromatic nitrogens is 3. The van der Waals surface area contributed by atoms with Crippen LogP contribution >= 0.6 is 0 Å². The number of ether oxygens (including phenoxy) is 1. The molecule has 18 heavy (non-hydrogen) atoms. The van der Waals surface area contributed by atoms with Crippen LogP contribution in [0.1, 0.15) is 27.7 Å². The molecule has 1 N–H and O–H groups in total. The van der Waals surface area contributed by atoms with E-state index in [9.17, 15) is 0 Å². The summed E-state index contributed by atoms with van der Waals surface area (Å²) in [5.74, 6) is 1.66. The van der Waals surface area contributed by atoms with Gasteiger partial charge in [-0.2, -0.15) is 15.0 Å². The van der Waals surface area contributed by atoms with Gasteiger partial charge in [0.2, 0.25) is 11.9 Å². The van der Waals surface area contributed by atoms with Crippen molar-refractivity contribution in [1.29, 1.82) is 0 Å². The molecule has 102 valence electrons. The van der Waals surface area contributed by atoms with Gasteiger partial charge in [-0.15, -0.1) is 0 Å². The molecule has 0 radical (unpaired) electrons. The van der Waals surface area contributed by atoms with E-state index in [0.717, 1.165) is 0 Å². The minimum absolute atomic E-state index is 0.339. The first-order valence-corrected chi connectivity index (χ1v) is 6.29. The molecule has 1 aromatic rings. The Morgan fingerprint density at radius 3 is 2.39 bits per heavy atom. The van der Waals surface area contributed by atoms with Crippen LogP contribution in [0.3, 0.4) is 0 Å². The first-order chi connectivity index (χ1) is 8.49.